The van der Waals surface area contributed by atoms with Crippen LogP contribution in [0.25, 0.3) is 0 Å². The van der Waals surface area contributed by atoms with Crippen LogP contribution < -0.4 is 0 Å². The molecule has 1 unspecified atom stereocenters. The van der Waals surface area contributed by atoms with Gasteiger partial charge >= 0.3 is 0 Å². The second-order valence-electron chi connectivity index (χ2n) is 4.94. The number of rotatable bonds is 4. The van der Waals surface area contributed by atoms with Gasteiger partial charge in [0, 0.05) is 13.1 Å². The van der Waals surface area contributed by atoms with E-state index in [-0.39, 0.29) is 6.10 Å². The molecule has 0 saturated heterocycles. The van der Waals surface area contributed by atoms with Crippen LogP contribution >= 0.6 is 0 Å². The highest BCUT2D eigenvalue weighted by Gasteiger charge is 2.13. The van der Waals surface area contributed by atoms with Crippen molar-refractivity contribution in [1.29, 1.82) is 0 Å². The first-order chi connectivity index (χ1) is 5.31. The van der Waals surface area contributed by atoms with Crippen molar-refractivity contribution in [1.82, 2.24) is 4.90 Å². The summed E-state index contributed by atoms with van der Waals surface area (Å²) < 4.78 is 0. The fraction of sp³-hybridized carbons (Fsp3) is 1.00. The largest absolute Gasteiger partial charge is 0.393 e. The highest BCUT2D eigenvalue weighted by atomic mass is 16.3. The summed E-state index contributed by atoms with van der Waals surface area (Å²) in [5.41, 5.74) is 0.355. The topological polar surface area (TPSA) is 23.5 Å². The minimum absolute atomic E-state index is 0.174. The van der Waals surface area contributed by atoms with E-state index in [0.29, 0.717) is 5.41 Å². The van der Waals surface area contributed by atoms with Gasteiger partial charge < -0.3 is 10.0 Å². The van der Waals surface area contributed by atoms with Crippen LogP contribution in [0.15, 0.2) is 0 Å². The van der Waals surface area contributed by atoms with Crippen molar-refractivity contribution >= 4 is 0 Å². The van der Waals surface area contributed by atoms with Crippen molar-refractivity contribution in [2.24, 2.45) is 5.41 Å². The predicted molar refractivity (Wildman–Crippen MR) is 53.2 cm³/mol. The van der Waals surface area contributed by atoms with E-state index in [9.17, 15) is 0 Å². The SMILES string of the molecule is CC(O)CCN(C)CC(C)(C)C. The van der Waals surface area contributed by atoms with Gasteiger partial charge in [-0.2, -0.15) is 0 Å². The van der Waals surface area contributed by atoms with E-state index >= 15 is 0 Å². The maximum Gasteiger partial charge on any atom is 0.0524 e. The molecule has 1 atom stereocenters. The molecule has 74 valence electrons. The Hall–Kier alpha value is -0.0800. The molecule has 0 aliphatic rings. The summed E-state index contributed by atoms with van der Waals surface area (Å²) in [6, 6.07) is 0. The summed E-state index contributed by atoms with van der Waals surface area (Å²) in [4.78, 5) is 2.27. The van der Waals surface area contributed by atoms with Gasteiger partial charge in [0.25, 0.3) is 0 Å². The van der Waals surface area contributed by atoms with Crippen molar-refractivity contribution in [2.75, 3.05) is 20.1 Å². The van der Waals surface area contributed by atoms with Gasteiger partial charge in [-0.15, -0.1) is 0 Å². The molecule has 0 rings (SSSR count). The van der Waals surface area contributed by atoms with Crippen LogP contribution in [0.1, 0.15) is 34.1 Å². The van der Waals surface area contributed by atoms with E-state index in [4.69, 9.17) is 5.11 Å². The van der Waals surface area contributed by atoms with Crippen LogP contribution in [0, 0.1) is 5.41 Å². The average Bonchev–Trinajstić information content (AvgIpc) is 1.79. The monoisotopic (exact) mass is 173 g/mol. The lowest BCUT2D eigenvalue weighted by atomic mass is 9.96. The van der Waals surface area contributed by atoms with E-state index in [1.165, 1.54) is 0 Å². The van der Waals surface area contributed by atoms with Gasteiger partial charge in [-0.05, 0) is 25.8 Å². The lowest BCUT2D eigenvalue weighted by Crippen LogP contribution is -2.31. The molecule has 1 N–H and O–H groups in total. The molecule has 0 saturated carbocycles. The molecule has 0 bridgehead atoms. The molecule has 0 aliphatic carbocycles. The van der Waals surface area contributed by atoms with E-state index < -0.39 is 0 Å². The standard InChI is InChI=1S/C10H23NO/c1-9(12)6-7-11(5)8-10(2,3)4/h9,12H,6-8H2,1-5H3. The smallest absolute Gasteiger partial charge is 0.0524 e. The molecular formula is C10H23NO. The Morgan fingerprint density at radius 1 is 1.33 bits per heavy atom. The zero-order chi connectivity index (χ0) is 9.78. The first-order valence-corrected chi connectivity index (χ1v) is 4.68. The molecule has 12 heavy (non-hydrogen) atoms. The fourth-order valence-electron chi connectivity index (χ4n) is 1.30. The summed E-state index contributed by atoms with van der Waals surface area (Å²) in [6.07, 6.45) is 0.694. The maximum atomic E-state index is 9.07. The van der Waals surface area contributed by atoms with Crippen LogP contribution in [-0.4, -0.2) is 36.2 Å². The van der Waals surface area contributed by atoms with E-state index in [1.807, 2.05) is 6.92 Å². The second-order valence-corrected chi connectivity index (χ2v) is 4.94. The summed E-state index contributed by atoms with van der Waals surface area (Å²) in [5, 5.41) is 9.07. The van der Waals surface area contributed by atoms with Crippen molar-refractivity contribution in [3.05, 3.63) is 0 Å². The Kier molecular flexibility index (Phi) is 4.80. The van der Waals surface area contributed by atoms with E-state index in [2.05, 4.69) is 32.7 Å². The fourth-order valence-corrected chi connectivity index (χ4v) is 1.30. The molecule has 2 nitrogen and oxygen atoms in total. The lowest BCUT2D eigenvalue weighted by molar-refractivity contribution is 0.150. The number of aliphatic hydroxyl groups is 1. The molecule has 0 aromatic heterocycles. The maximum absolute atomic E-state index is 9.07. The quantitative estimate of drug-likeness (QED) is 0.700. The van der Waals surface area contributed by atoms with Gasteiger partial charge in [0.15, 0.2) is 0 Å². The highest BCUT2D eigenvalue weighted by Crippen LogP contribution is 2.14. The van der Waals surface area contributed by atoms with Gasteiger partial charge in [0.1, 0.15) is 0 Å². The summed E-state index contributed by atoms with van der Waals surface area (Å²) in [5.74, 6) is 0. The zero-order valence-corrected chi connectivity index (χ0v) is 9.09. The second kappa shape index (κ2) is 4.83. The van der Waals surface area contributed by atoms with Crippen LogP contribution in [0.5, 0.6) is 0 Å². The normalized spacial score (nSPS) is 15.2. The molecule has 0 spiro atoms. The molecule has 0 aliphatic heterocycles. The third-order valence-corrected chi connectivity index (χ3v) is 1.67. The summed E-state index contributed by atoms with van der Waals surface area (Å²) in [7, 11) is 2.10. The van der Waals surface area contributed by atoms with Crippen molar-refractivity contribution in [3.63, 3.8) is 0 Å². The number of hydrogen-bond acceptors (Lipinski definition) is 2. The Labute approximate surface area is 76.6 Å². The number of hydrogen-bond donors (Lipinski definition) is 1. The molecular weight excluding hydrogens is 150 g/mol. The molecule has 0 aromatic carbocycles. The Bertz CT molecular complexity index is 115. The summed E-state index contributed by atoms with van der Waals surface area (Å²) in [6.45, 7) is 10.6. The first kappa shape index (κ1) is 11.9. The van der Waals surface area contributed by atoms with Crippen molar-refractivity contribution in [3.8, 4) is 0 Å². The summed E-state index contributed by atoms with van der Waals surface area (Å²) >= 11 is 0. The first-order valence-electron chi connectivity index (χ1n) is 4.68. The number of aliphatic hydroxyl groups excluding tert-OH is 1. The van der Waals surface area contributed by atoms with Crippen molar-refractivity contribution in [2.45, 2.75) is 40.2 Å². The molecule has 0 amide bonds. The molecule has 2 heteroatoms. The highest BCUT2D eigenvalue weighted by molar-refractivity contribution is 4.66. The van der Waals surface area contributed by atoms with Crippen LogP contribution in [0.4, 0.5) is 0 Å². The number of nitrogens with zero attached hydrogens (tertiary/aromatic N) is 1. The van der Waals surface area contributed by atoms with Gasteiger partial charge in [0.2, 0.25) is 0 Å². The Morgan fingerprint density at radius 2 is 1.83 bits per heavy atom. The zero-order valence-electron chi connectivity index (χ0n) is 9.09. The predicted octanol–water partition coefficient (Wildman–Crippen LogP) is 1.74. The van der Waals surface area contributed by atoms with Crippen LogP contribution in [0.2, 0.25) is 0 Å². The van der Waals surface area contributed by atoms with Gasteiger partial charge in [-0.25, -0.2) is 0 Å². The van der Waals surface area contributed by atoms with E-state index in [1.54, 1.807) is 0 Å². The van der Waals surface area contributed by atoms with Gasteiger partial charge in [-0.1, -0.05) is 20.8 Å². The van der Waals surface area contributed by atoms with Crippen LogP contribution in [0.3, 0.4) is 0 Å². The van der Waals surface area contributed by atoms with Gasteiger partial charge in [-0.3, -0.25) is 0 Å². The third kappa shape index (κ3) is 8.02. The van der Waals surface area contributed by atoms with Gasteiger partial charge in [0.05, 0.1) is 6.10 Å². The van der Waals surface area contributed by atoms with Crippen molar-refractivity contribution < 1.29 is 5.11 Å². The minimum atomic E-state index is -0.174. The van der Waals surface area contributed by atoms with Crippen LogP contribution in [-0.2, 0) is 0 Å². The third-order valence-electron chi connectivity index (χ3n) is 1.67. The minimum Gasteiger partial charge on any atom is -0.393 e. The Balaban J connectivity index is 3.53. The average molecular weight is 173 g/mol. The Morgan fingerprint density at radius 3 is 2.17 bits per heavy atom. The molecule has 0 aromatic rings. The molecule has 0 radical (unpaired) electrons. The molecule has 0 heterocycles. The molecule has 0 fully saturated rings. The van der Waals surface area contributed by atoms with E-state index in [0.717, 1.165) is 19.5 Å². The lowest BCUT2D eigenvalue weighted by Gasteiger charge is -2.26.